The molecule has 0 saturated carbocycles. The van der Waals surface area contributed by atoms with Crippen LogP contribution in [0.4, 0.5) is 0 Å². The van der Waals surface area contributed by atoms with Gasteiger partial charge in [0.1, 0.15) is 11.5 Å². The second-order valence-corrected chi connectivity index (χ2v) is 7.33. The van der Waals surface area contributed by atoms with Crippen LogP contribution in [0.5, 0.6) is 0 Å². The standard InChI is InChI=1S/C17H26N2OS/c1-13(2)9-18-10-16-7-8-17(21-16)12-19(4)11-15-6-5-14(3)20-15/h5-8,13,18H,9-12H2,1-4H3. The fraction of sp³-hybridized carbons (Fsp3) is 0.529. The van der Waals surface area contributed by atoms with Crippen molar-refractivity contribution in [2.24, 2.45) is 5.92 Å². The molecule has 0 saturated heterocycles. The molecule has 0 aliphatic heterocycles. The van der Waals surface area contributed by atoms with Crippen LogP contribution in [0, 0.1) is 12.8 Å². The smallest absolute Gasteiger partial charge is 0.118 e. The Labute approximate surface area is 132 Å². The van der Waals surface area contributed by atoms with Crippen LogP contribution >= 0.6 is 11.3 Å². The van der Waals surface area contributed by atoms with E-state index < -0.39 is 0 Å². The first kappa shape index (κ1) is 16.3. The van der Waals surface area contributed by atoms with E-state index in [9.17, 15) is 0 Å². The van der Waals surface area contributed by atoms with E-state index >= 15 is 0 Å². The molecule has 0 bridgehead atoms. The number of thiophene rings is 1. The summed E-state index contributed by atoms with van der Waals surface area (Å²) in [6.07, 6.45) is 0. The lowest BCUT2D eigenvalue weighted by Crippen LogP contribution is -2.18. The Bertz CT molecular complexity index is 544. The highest BCUT2D eigenvalue weighted by molar-refractivity contribution is 7.11. The van der Waals surface area contributed by atoms with Crippen LogP contribution in [0.3, 0.4) is 0 Å². The van der Waals surface area contributed by atoms with Gasteiger partial charge in [-0.15, -0.1) is 11.3 Å². The van der Waals surface area contributed by atoms with Crippen LogP contribution in [0.2, 0.25) is 0 Å². The van der Waals surface area contributed by atoms with Crippen molar-refractivity contribution in [3.8, 4) is 0 Å². The Morgan fingerprint density at radius 3 is 2.57 bits per heavy atom. The van der Waals surface area contributed by atoms with E-state index in [4.69, 9.17) is 4.42 Å². The van der Waals surface area contributed by atoms with Crippen molar-refractivity contribution in [1.29, 1.82) is 0 Å². The summed E-state index contributed by atoms with van der Waals surface area (Å²) in [5, 5.41) is 3.49. The van der Waals surface area contributed by atoms with Gasteiger partial charge < -0.3 is 9.73 Å². The van der Waals surface area contributed by atoms with Crippen molar-refractivity contribution in [2.45, 2.75) is 40.4 Å². The molecule has 0 aliphatic carbocycles. The first-order valence-corrected chi connectivity index (χ1v) is 8.36. The normalized spacial score (nSPS) is 11.7. The number of aryl methyl sites for hydroxylation is 1. The molecule has 0 aliphatic rings. The highest BCUT2D eigenvalue weighted by Crippen LogP contribution is 2.19. The summed E-state index contributed by atoms with van der Waals surface area (Å²) >= 11 is 1.89. The third kappa shape index (κ3) is 5.65. The zero-order valence-corrected chi connectivity index (χ0v) is 14.3. The summed E-state index contributed by atoms with van der Waals surface area (Å²) in [5.41, 5.74) is 0. The number of nitrogens with zero attached hydrogens (tertiary/aromatic N) is 1. The monoisotopic (exact) mass is 306 g/mol. The highest BCUT2D eigenvalue weighted by Gasteiger charge is 2.07. The van der Waals surface area contributed by atoms with Crippen molar-refractivity contribution >= 4 is 11.3 Å². The van der Waals surface area contributed by atoms with Crippen LogP contribution in [-0.2, 0) is 19.6 Å². The first-order chi connectivity index (χ1) is 10.0. The van der Waals surface area contributed by atoms with Gasteiger partial charge in [0, 0.05) is 22.8 Å². The number of hydrogen-bond acceptors (Lipinski definition) is 4. The fourth-order valence-corrected chi connectivity index (χ4v) is 3.31. The van der Waals surface area contributed by atoms with E-state index in [1.165, 1.54) is 9.75 Å². The Kier molecular flexibility index (Phi) is 6.03. The molecule has 2 aromatic heterocycles. The molecule has 2 aromatic rings. The Morgan fingerprint density at radius 1 is 1.14 bits per heavy atom. The van der Waals surface area contributed by atoms with Crippen LogP contribution in [0.25, 0.3) is 0 Å². The molecule has 116 valence electrons. The van der Waals surface area contributed by atoms with Gasteiger partial charge in [0.2, 0.25) is 0 Å². The first-order valence-electron chi connectivity index (χ1n) is 7.55. The number of nitrogens with one attached hydrogen (secondary N) is 1. The third-order valence-corrected chi connectivity index (χ3v) is 4.29. The molecule has 1 N–H and O–H groups in total. The summed E-state index contributed by atoms with van der Waals surface area (Å²) in [4.78, 5) is 5.10. The predicted molar refractivity (Wildman–Crippen MR) is 89.5 cm³/mol. The second-order valence-electron chi connectivity index (χ2n) is 6.08. The Morgan fingerprint density at radius 2 is 1.90 bits per heavy atom. The molecule has 21 heavy (non-hydrogen) atoms. The fourth-order valence-electron chi connectivity index (χ4n) is 2.24. The van der Waals surface area contributed by atoms with Gasteiger partial charge in [0.25, 0.3) is 0 Å². The van der Waals surface area contributed by atoms with E-state index in [0.29, 0.717) is 5.92 Å². The summed E-state index contributed by atoms with van der Waals surface area (Å²) in [5.74, 6) is 2.71. The summed E-state index contributed by atoms with van der Waals surface area (Å²) in [6, 6.07) is 8.55. The molecule has 3 nitrogen and oxygen atoms in total. The number of hydrogen-bond donors (Lipinski definition) is 1. The highest BCUT2D eigenvalue weighted by atomic mass is 32.1. The molecule has 0 atom stereocenters. The maximum Gasteiger partial charge on any atom is 0.118 e. The minimum absolute atomic E-state index is 0.701. The van der Waals surface area contributed by atoms with E-state index in [2.05, 4.69) is 49.3 Å². The van der Waals surface area contributed by atoms with Crippen LogP contribution < -0.4 is 5.32 Å². The minimum atomic E-state index is 0.701. The average Bonchev–Trinajstić information content (AvgIpc) is 2.98. The van der Waals surface area contributed by atoms with Gasteiger partial charge in [0.05, 0.1) is 6.54 Å². The molecule has 0 fully saturated rings. The molecule has 0 amide bonds. The van der Waals surface area contributed by atoms with Gasteiger partial charge in [-0.05, 0) is 50.7 Å². The molecule has 2 rings (SSSR count). The topological polar surface area (TPSA) is 28.4 Å². The zero-order chi connectivity index (χ0) is 15.2. The largest absolute Gasteiger partial charge is 0.465 e. The molecule has 2 heterocycles. The molecule has 0 aromatic carbocycles. The SMILES string of the molecule is Cc1ccc(CN(C)Cc2ccc(CNCC(C)C)s2)o1. The van der Waals surface area contributed by atoms with Crippen LogP contribution in [-0.4, -0.2) is 18.5 Å². The van der Waals surface area contributed by atoms with Crippen molar-refractivity contribution in [1.82, 2.24) is 10.2 Å². The molecule has 0 unspecified atom stereocenters. The van der Waals surface area contributed by atoms with Gasteiger partial charge in [-0.25, -0.2) is 0 Å². The van der Waals surface area contributed by atoms with Crippen molar-refractivity contribution in [2.75, 3.05) is 13.6 Å². The molecule has 0 spiro atoms. The van der Waals surface area contributed by atoms with Crippen molar-refractivity contribution in [3.05, 3.63) is 45.5 Å². The number of furan rings is 1. The average molecular weight is 306 g/mol. The molecular weight excluding hydrogens is 280 g/mol. The van der Waals surface area contributed by atoms with Crippen molar-refractivity contribution < 1.29 is 4.42 Å². The van der Waals surface area contributed by atoms with Crippen molar-refractivity contribution in [3.63, 3.8) is 0 Å². The van der Waals surface area contributed by atoms with Gasteiger partial charge >= 0.3 is 0 Å². The lowest BCUT2D eigenvalue weighted by Gasteiger charge is -2.13. The van der Waals surface area contributed by atoms with E-state index in [0.717, 1.165) is 37.7 Å². The zero-order valence-electron chi connectivity index (χ0n) is 13.5. The van der Waals surface area contributed by atoms with E-state index in [-0.39, 0.29) is 0 Å². The molecular formula is C17H26N2OS. The maximum absolute atomic E-state index is 5.62. The van der Waals surface area contributed by atoms with Gasteiger partial charge in [-0.2, -0.15) is 0 Å². The van der Waals surface area contributed by atoms with Gasteiger partial charge in [0.15, 0.2) is 0 Å². The van der Waals surface area contributed by atoms with E-state index in [1.54, 1.807) is 0 Å². The molecule has 4 heteroatoms. The van der Waals surface area contributed by atoms with E-state index in [1.807, 2.05) is 24.3 Å². The maximum atomic E-state index is 5.62. The second kappa shape index (κ2) is 7.78. The predicted octanol–water partition coefficient (Wildman–Crippen LogP) is 4.03. The van der Waals surface area contributed by atoms with Crippen LogP contribution in [0.15, 0.2) is 28.7 Å². The Hall–Kier alpha value is -1.10. The number of rotatable bonds is 8. The quantitative estimate of drug-likeness (QED) is 0.798. The lowest BCUT2D eigenvalue weighted by molar-refractivity contribution is 0.287. The summed E-state index contributed by atoms with van der Waals surface area (Å²) < 4.78 is 5.62. The Balaban J connectivity index is 1.78. The summed E-state index contributed by atoms with van der Waals surface area (Å²) in [6.45, 7) is 10.3. The molecule has 0 radical (unpaired) electrons. The third-order valence-electron chi connectivity index (χ3n) is 3.22. The van der Waals surface area contributed by atoms with Gasteiger partial charge in [-0.1, -0.05) is 13.8 Å². The van der Waals surface area contributed by atoms with Gasteiger partial charge in [-0.3, -0.25) is 4.90 Å². The summed E-state index contributed by atoms with van der Waals surface area (Å²) in [7, 11) is 2.13. The van der Waals surface area contributed by atoms with Crippen LogP contribution in [0.1, 0.15) is 35.1 Å². The minimum Gasteiger partial charge on any atom is -0.465 e. The lowest BCUT2D eigenvalue weighted by atomic mass is 10.2.